The zero-order chi connectivity index (χ0) is 15.9. The lowest BCUT2D eigenvalue weighted by Gasteiger charge is -2.33. The highest BCUT2D eigenvalue weighted by Crippen LogP contribution is 2.32. The molecule has 2 aromatic carbocycles. The van der Waals surface area contributed by atoms with Crippen molar-refractivity contribution in [3.05, 3.63) is 77.5 Å². The second-order valence-corrected chi connectivity index (χ2v) is 6.35. The fourth-order valence-corrected chi connectivity index (χ4v) is 3.55. The van der Waals surface area contributed by atoms with E-state index in [4.69, 9.17) is 0 Å². The SMILES string of the molecule is CCCC(=C(c1ccccc1)c1ccccc1)N1CCCCC1. The third-order valence-electron chi connectivity index (χ3n) is 4.64. The predicted octanol–water partition coefficient (Wildman–Crippen LogP) is 5.73. The zero-order valence-electron chi connectivity index (χ0n) is 14.2. The Kier molecular flexibility index (Phi) is 5.52. The van der Waals surface area contributed by atoms with E-state index >= 15 is 0 Å². The van der Waals surface area contributed by atoms with Gasteiger partial charge in [-0.05, 0) is 36.8 Å². The summed E-state index contributed by atoms with van der Waals surface area (Å²) in [6.45, 7) is 4.70. The minimum atomic E-state index is 1.15. The van der Waals surface area contributed by atoms with Crippen molar-refractivity contribution in [2.24, 2.45) is 0 Å². The van der Waals surface area contributed by atoms with Crippen LogP contribution in [0.3, 0.4) is 0 Å². The molecule has 1 aliphatic rings. The summed E-state index contributed by atoms with van der Waals surface area (Å²) in [5.41, 5.74) is 5.64. The molecule has 0 radical (unpaired) electrons. The lowest BCUT2D eigenvalue weighted by Crippen LogP contribution is -2.30. The van der Waals surface area contributed by atoms with Gasteiger partial charge in [-0.25, -0.2) is 0 Å². The van der Waals surface area contributed by atoms with E-state index in [9.17, 15) is 0 Å². The monoisotopic (exact) mass is 305 g/mol. The topological polar surface area (TPSA) is 3.24 Å². The quantitative estimate of drug-likeness (QED) is 0.681. The second kappa shape index (κ2) is 8.01. The van der Waals surface area contributed by atoms with Gasteiger partial charge in [0.15, 0.2) is 0 Å². The maximum absolute atomic E-state index is 2.64. The van der Waals surface area contributed by atoms with Crippen LogP contribution in [0.1, 0.15) is 50.2 Å². The summed E-state index contributed by atoms with van der Waals surface area (Å²) in [5, 5.41) is 0. The molecule has 120 valence electrons. The Labute approximate surface area is 140 Å². The van der Waals surface area contributed by atoms with E-state index < -0.39 is 0 Å². The lowest BCUT2D eigenvalue weighted by molar-refractivity contribution is 0.277. The van der Waals surface area contributed by atoms with Gasteiger partial charge in [-0.2, -0.15) is 0 Å². The van der Waals surface area contributed by atoms with Crippen LogP contribution in [0, 0.1) is 0 Å². The van der Waals surface area contributed by atoms with E-state index in [0.717, 1.165) is 6.42 Å². The molecule has 0 bridgehead atoms. The molecule has 1 aliphatic heterocycles. The summed E-state index contributed by atoms with van der Waals surface area (Å²) < 4.78 is 0. The van der Waals surface area contributed by atoms with E-state index in [-0.39, 0.29) is 0 Å². The van der Waals surface area contributed by atoms with Gasteiger partial charge >= 0.3 is 0 Å². The molecule has 0 atom stereocenters. The number of nitrogens with zero attached hydrogens (tertiary/aromatic N) is 1. The summed E-state index contributed by atoms with van der Waals surface area (Å²) in [6.07, 6.45) is 6.37. The Balaban J connectivity index is 2.13. The first-order valence-electron chi connectivity index (χ1n) is 8.99. The Morgan fingerprint density at radius 3 is 1.78 bits per heavy atom. The summed E-state index contributed by atoms with van der Waals surface area (Å²) in [7, 11) is 0. The normalized spacial score (nSPS) is 14.6. The Morgan fingerprint density at radius 2 is 1.30 bits per heavy atom. The summed E-state index contributed by atoms with van der Waals surface area (Å²) in [5.74, 6) is 0. The Hall–Kier alpha value is -2.02. The number of allylic oxidation sites excluding steroid dienone is 1. The largest absolute Gasteiger partial charge is 0.374 e. The molecular formula is C22H27N. The second-order valence-electron chi connectivity index (χ2n) is 6.35. The van der Waals surface area contributed by atoms with Crippen molar-refractivity contribution in [1.29, 1.82) is 0 Å². The number of hydrogen-bond donors (Lipinski definition) is 0. The molecule has 0 amide bonds. The number of likely N-dealkylation sites (tertiary alicyclic amines) is 1. The van der Waals surface area contributed by atoms with Crippen molar-refractivity contribution in [3.8, 4) is 0 Å². The molecule has 0 N–H and O–H groups in total. The number of rotatable bonds is 5. The molecule has 23 heavy (non-hydrogen) atoms. The first-order valence-corrected chi connectivity index (χ1v) is 8.99. The van der Waals surface area contributed by atoms with Gasteiger partial charge in [0, 0.05) is 24.4 Å². The molecule has 1 fully saturated rings. The fourth-order valence-electron chi connectivity index (χ4n) is 3.55. The molecule has 1 nitrogen and oxygen atoms in total. The minimum absolute atomic E-state index is 1.15. The van der Waals surface area contributed by atoms with Gasteiger partial charge in [0.05, 0.1) is 0 Å². The van der Waals surface area contributed by atoms with E-state index in [1.54, 1.807) is 0 Å². The zero-order valence-corrected chi connectivity index (χ0v) is 14.2. The summed E-state index contributed by atoms with van der Waals surface area (Å²) in [4.78, 5) is 2.64. The number of piperidine rings is 1. The third-order valence-corrected chi connectivity index (χ3v) is 4.64. The van der Waals surface area contributed by atoms with Crippen LogP contribution in [-0.2, 0) is 0 Å². The van der Waals surface area contributed by atoms with Gasteiger partial charge in [-0.1, -0.05) is 74.0 Å². The van der Waals surface area contributed by atoms with Gasteiger partial charge in [0.2, 0.25) is 0 Å². The highest BCUT2D eigenvalue weighted by Gasteiger charge is 2.19. The van der Waals surface area contributed by atoms with Crippen LogP contribution in [0.4, 0.5) is 0 Å². The van der Waals surface area contributed by atoms with Crippen LogP contribution < -0.4 is 0 Å². The molecule has 1 heterocycles. The average molecular weight is 305 g/mol. The number of hydrogen-bond acceptors (Lipinski definition) is 1. The van der Waals surface area contributed by atoms with Crippen molar-refractivity contribution in [2.45, 2.75) is 39.0 Å². The smallest absolute Gasteiger partial charge is 0.0218 e. The summed E-state index contributed by atoms with van der Waals surface area (Å²) >= 11 is 0. The van der Waals surface area contributed by atoms with Gasteiger partial charge in [-0.15, -0.1) is 0 Å². The molecule has 0 spiro atoms. The van der Waals surface area contributed by atoms with Crippen LogP contribution in [0.2, 0.25) is 0 Å². The van der Waals surface area contributed by atoms with Crippen LogP contribution >= 0.6 is 0 Å². The molecule has 0 saturated carbocycles. The highest BCUT2D eigenvalue weighted by molar-refractivity contribution is 5.81. The van der Waals surface area contributed by atoms with Crippen LogP contribution in [0.25, 0.3) is 5.57 Å². The van der Waals surface area contributed by atoms with Gasteiger partial charge in [-0.3, -0.25) is 0 Å². The van der Waals surface area contributed by atoms with Crippen LogP contribution in [0.5, 0.6) is 0 Å². The molecule has 3 rings (SSSR count). The molecule has 1 saturated heterocycles. The molecule has 0 aromatic heterocycles. The predicted molar refractivity (Wildman–Crippen MR) is 99.2 cm³/mol. The maximum atomic E-state index is 2.64. The molecule has 0 unspecified atom stereocenters. The van der Waals surface area contributed by atoms with Crippen LogP contribution in [-0.4, -0.2) is 18.0 Å². The summed E-state index contributed by atoms with van der Waals surface area (Å²) in [6, 6.07) is 21.8. The Morgan fingerprint density at radius 1 is 0.783 bits per heavy atom. The maximum Gasteiger partial charge on any atom is 0.0218 e. The van der Waals surface area contributed by atoms with E-state index in [0.29, 0.717) is 0 Å². The standard InChI is InChI=1S/C22H27N/c1-2-12-21(23-17-10-5-11-18-23)22(19-13-6-3-7-14-19)20-15-8-4-9-16-20/h3-4,6-9,13-16H,2,5,10-12,17-18H2,1H3. The van der Waals surface area contributed by atoms with Gasteiger partial charge in [0.25, 0.3) is 0 Å². The first-order chi connectivity index (χ1) is 11.4. The molecular weight excluding hydrogens is 278 g/mol. The first kappa shape index (κ1) is 15.9. The lowest BCUT2D eigenvalue weighted by atomic mass is 9.93. The van der Waals surface area contributed by atoms with Gasteiger partial charge in [0.1, 0.15) is 0 Å². The van der Waals surface area contributed by atoms with Crippen LogP contribution in [0.15, 0.2) is 66.4 Å². The Bertz CT molecular complexity index is 580. The van der Waals surface area contributed by atoms with E-state index in [2.05, 4.69) is 72.5 Å². The fraction of sp³-hybridized carbons (Fsp3) is 0.364. The minimum Gasteiger partial charge on any atom is -0.374 e. The number of benzene rings is 2. The van der Waals surface area contributed by atoms with Crippen molar-refractivity contribution in [1.82, 2.24) is 4.90 Å². The van der Waals surface area contributed by atoms with Crippen molar-refractivity contribution in [2.75, 3.05) is 13.1 Å². The van der Waals surface area contributed by atoms with E-state index in [1.807, 2.05) is 0 Å². The van der Waals surface area contributed by atoms with Crippen molar-refractivity contribution < 1.29 is 0 Å². The van der Waals surface area contributed by atoms with Crippen molar-refractivity contribution >= 4 is 5.57 Å². The highest BCUT2D eigenvalue weighted by atomic mass is 15.1. The van der Waals surface area contributed by atoms with Crippen molar-refractivity contribution in [3.63, 3.8) is 0 Å². The molecule has 2 aromatic rings. The average Bonchev–Trinajstić information content (AvgIpc) is 2.64. The molecule has 0 aliphatic carbocycles. The van der Waals surface area contributed by atoms with E-state index in [1.165, 1.54) is 61.2 Å². The van der Waals surface area contributed by atoms with Gasteiger partial charge < -0.3 is 4.90 Å². The molecule has 1 heteroatoms. The third kappa shape index (κ3) is 3.85.